The zero-order chi connectivity index (χ0) is 7.40. The lowest BCUT2D eigenvalue weighted by molar-refractivity contribution is -0.576. The third-order valence-corrected chi connectivity index (χ3v) is 1.54. The second kappa shape index (κ2) is 5.08. The lowest BCUT2D eigenvalue weighted by Gasteiger charge is -1.92. The molecule has 1 heterocycles. The number of rotatable bonds is 2. The molecule has 0 fully saturated rings. The van der Waals surface area contributed by atoms with E-state index in [9.17, 15) is 0 Å². The lowest BCUT2D eigenvalue weighted by Crippen LogP contribution is -3.00. The quantitative estimate of drug-likeness (QED) is 0.535. The van der Waals surface area contributed by atoms with Crippen LogP contribution in [0.25, 0.3) is 6.20 Å². The molecule has 0 aromatic carbocycles. The third-order valence-electron chi connectivity index (χ3n) is 1.54. The average molecular weight is 214 g/mol. The fourth-order valence-corrected chi connectivity index (χ4v) is 0.969. The molecular weight excluding hydrogens is 202 g/mol. The molecule has 0 saturated heterocycles. The largest absolute Gasteiger partial charge is 1.00 e. The molecule has 60 valence electrons. The minimum Gasteiger partial charge on any atom is -1.00 e. The second-order valence-corrected chi connectivity index (χ2v) is 2.14. The number of pyridine rings is 1. The van der Waals surface area contributed by atoms with Crippen LogP contribution in [0.4, 0.5) is 0 Å². The Morgan fingerprint density at radius 2 is 2.27 bits per heavy atom. The number of nitrogens with zero attached hydrogens (tertiary/aromatic N) is 1. The Kier molecular flexibility index (Phi) is 4.79. The number of halogens is 1. The van der Waals surface area contributed by atoms with Crippen LogP contribution in [0.2, 0.25) is 0 Å². The van der Waals surface area contributed by atoms with Crippen molar-refractivity contribution in [1.82, 2.24) is 0 Å². The smallest absolute Gasteiger partial charge is 0.186 e. The summed E-state index contributed by atoms with van der Waals surface area (Å²) in [7, 11) is 0. The highest BCUT2D eigenvalue weighted by atomic mass is 79.9. The predicted octanol–water partition coefficient (Wildman–Crippen LogP) is -1.36. The Morgan fingerprint density at radius 1 is 1.55 bits per heavy atom. The summed E-state index contributed by atoms with van der Waals surface area (Å²) in [6, 6.07) is 6.14. The van der Waals surface area contributed by atoms with Crippen LogP contribution in [0.15, 0.2) is 31.0 Å². The summed E-state index contributed by atoms with van der Waals surface area (Å²) >= 11 is 0. The van der Waals surface area contributed by atoms with E-state index in [-0.39, 0.29) is 17.0 Å². The van der Waals surface area contributed by atoms with Gasteiger partial charge >= 0.3 is 0 Å². The van der Waals surface area contributed by atoms with E-state index in [1.165, 1.54) is 5.69 Å². The van der Waals surface area contributed by atoms with Gasteiger partial charge in [-0.05, 0) is 6.58 Å². The third kappa shape index (κ3) is 2.46. The fraction of sp³-hybridized carbons (Fsp3) is 0.222. The minimum absolute atomic E-state index is 0. The summed E-state index contributed by atoms with van der Waals surface area (Å²) in [5.41, 5.74) is 1.29. The average Bonchev–Trinajstić information content (AvgIpc) is 2.04. The van der Waals surface area contributed by atoms with Crippen LogP contribution in [-0.2, 0) is 6.42 Å². The van der Waals surface area contributed by atoms with E-state index in [2.05, 4.69) is 19.6 Å². The van der Waals surface area contributed by atoms with E-state index in [1.54, 1.807) is 0 Å². The molecule has 0 bridgehead atoms. The highest BCUT2D eigenvalue weighted by Gasteiger charge is 2.00. The van der Waals surface area contributed by atoms with Crippen LogP contribution in [0.1, 0.15) is 12.6 Å². The van der Waals surface area contributed by atoms with Gasteiger partial charge in [-0.15, -0.1) is 0 Å². The summed E-state index contributed by atoms with van der Waals surface area (Å²) in [6.45, 7) is 5.84. The van der Waals surface area contributed by atoms with E-state index in [0.29, 0.717) is 0 Å². The van der Waals surface area contributed by atoms with Crippen molar-refractivity contribution in [1.29, 1.82) is 0 Å². The van der Waals surface area contributed by atoms with E-state index in [0.717, 1.165) is 6.42 Å². The summed E-state index contributed by atoms with van der Waals surface area (Å²) in [6.07, 6.45) is 4.87. The Labute approximate surface area is 78.1 Å². The molecule has 0 amide bonds. The van der Waals surface area contributed by atoms with Gasteiger partial charge in [0.25, 0.3) is 0 Å². The number of aryl methyl sites for hydroxylation is 1. The van der Waals surface area contributed by atoms with Gasteiger partial charge in [0.1, 0.15) is 0 Å². The predicted molar refractivity (Wildman–Crippen MR) is 42.4 cm³/mol. The van der Waals surface area contributed by atoms with Crippen molar-refractivity contribution in [2.24, 2.45) is 0 Å². The van der Waals surface area contributed by atoms with Crippen LogP contribution in [0.5, 0.6) is 0 Å². The molecule has 0 N–H and O–H groups in total. The first-order chi connectivity index (χ1) is 4.88. The summed E-state index contributed by atoms with van der Waals surface area (Å²) in [5.74, 6) is 0. The van der Waals surface area contributed by atoms with E-state index >= 15 is 0 Å². The van der Waals surface area contributed by atoms with Gasteiger partial charge in [0, 0.05) is 18.6 Å². The highest BCUT2D eigenvalue weighted by molar-refractivity contribution is 5.04. The molecular formula is C9H12BrN. The topological polar surface area (TPSA) is 3.88 Å². The van der Waals surface area contributed by atoms with Crippen molar-refractivity contribution in [2.45, 2.75) is 13.3 Å². The lowest BCUT2D eigenvalue weighted by atomic mass is 10.3. The van der Waals surface area contributed by atoms with Crippen LogP contribution in [0, 0.1) is 0 Å². The normalized spacial score (nSPS) is 8.45. The van der Waals surface area contributed by atoms with Crippen molar-refractivity contribution in [3.63, 3.8) is 0 Å². The molecule has 0 saturated carbocycles. The van der Waals surface area contributed by atoms with E-state index in [4.69, 9.17) is 0 Å². The first-order valence-corrected chi connectivity index (χ1v) is 3.50. The number of aromatic nitrogens is 1. The summed E-state index contributed by atoms with van der Waals surface area (Å²) < 4.78 is 2.03. The van der Waals surface area contributed by atoms with Crippen molar-refractivity contribution >= 4 is 6.20 Å². The zero-order valence-corrected chi connectivity index (χ0v) is 8.21. The molecule has 0 spiro atoms. The first kappa shape index (κ1) is 10.4. The zero-order valence-electron chi connectivity index (χ0n) is 6.63. The maximum absolute atomic E-state index is 3.70. The molecule has 0 atom stereocenters. The van der Waals surface area contributed by atoms with Gasteiger partial charge < -0.3 is 17.0 Å². The van der Waals surface area contributed by atoms with Crippen molar-refractivity contribution in [3.05, 3.63) is 36.7 Å². The molecule has 0 radical (unpaired) electrons. The molecule has 1 rings (SSSR count). The van der Waals surface area contributed by atoms with Crippen LogP contribution < -0.4 is 21.5 Å². The second-order valence-electron chi connectivity index (χ2n) is 2.14. The van der Waals surface area contributed by atoms with Gasteiger partial charge in [-0.25, -0.2) is 0 Å². The highest BCUT2D eigenvalue weighted by Crippen LogP contribution is 1.91. The molecule has 0 aliphatic carbocycles. The fourth-order valence-electron chi connectivity index (χ4n) is 0.969. The van der Waals surface area contributed by atoms with Crippen molar-refractivity contribution in [2.75, 3.05) is 0 Å². The molecule has 0 aliphatic heterocycles. The van der Waals surface area contributed by atoms with Gasteiger partial charge in [-0.3, -0.25) is 0 Å². The Morgan fingerprint density at radius 3 is 2.73 bits per heavy atom. The van der Waals surface area contributed by atoms with Crippen molar-refractivity contribution in [3.8, 4) is 0 Å². The summed E-state index contributed by atoms with van der Waals surface area (Å²) in [5, 5.41) is 0. The van der Waals surface area contributed by atoms with Crippen LogP contribution >= 0.6 is 0 Å². The van der Waals surface area contributed by atoms with Crippen molar-refractivity contribution < 1.29 is 21.5 Å². The molecule has 0 unspecified atom stereocenters. The number of hydrogen-bond acceptors (Lipinski definition) is 0. The van der Waals surface area contributed by atoms with Crippen LogP contribution in [-0.4, -0.2) is 0 Å². The maximum Gasteiger partial charge on any atom is 0.186 e. The summed E-state index contributed by atoms with van der Waals surface area (Å²) in [4.78, 5) is 0. The molecule has 1 aromatic heterocycles. The van der Waals surface area contributed by atoms with Gasteiger partial charge in [-0.1, -0.05) is 13.0 Å². The Balaban J connectivity index is 0.000001000. The van der Waals surface area contributed by atoms with Gasteiger partial charge in [0.05, 0.1) is 0 Å². The Bertz CT molecular complexity index is 233. The van der Waals surface area contributed by atoms with Gasteiger partial charge in [0.2, 0.25) is 0 Å². The molecule has 0 aliphatic rings. The van der Waals surface area contributed by atoms with E-state index < -0.39 is 0 Å². The monoisotopic (exact) mass is 213 g/mol. The minimum atomic E-state index is 0. The molecule has 1 nitrogen and oxygen atoms in total. The number of hydrogen-bond donors (Lipinski definition) is 0. The SMILES string of the molecule is C=C[n+]1ccccc1CC.[Br-]. The standard InChI is InChI=1S/C9H12N.BrH/c1-3-9-7-5-6-8-10(9)4-2;/h4-8H,2-3H2,1H3;1H/q+1;/p-1. The molecule has 2 heteroatoms. The van der Waals surface area contributed by atoms with Crippen LogP contribution in [0.3, 0.4) is 0 Å². The maximum atomic E-state index is 3.70. The molecule has 1 aromatic rings. The van der Waals surface area contributed by atoms with E-state index in [1.807, 2.05) is 29.1 Å². The molecule has 11 heavy (non-hydrogen) atoms. The van der Waals surface area contributed by atoms with Gasteiger partial charge in [-0.2, -0.15) is 4.57 Å². The Hall–Kier alpha value is -0.630. The van der Waals surface area contributed by atoms with Gasteiger partial charge in [0.15, 0.2) is 18.1 Å². The first-order valence-electron chi connectivity index (χ1n) is 3.50.